The van der Waals surface area contributed by atoms with Crippen LogP contribution >= 0.6 is 0 Å². The molecule has 9 amide bonds. The maximum absolute atomic E-state index is 14.8. The first-order chi connectivity index (χ1) is 46.9. The van der Waals surface area contributed by atoms with Crippen molar-refractivity contribution >= 4 is 101 Å². The number of carbonyl (C=O) groups is 9. The molecular weight excluding hydrogens is 1290 g/mol. The molecule has 0 fully saturated rings. The Hall–Kier alpha value is -11.6. The third-order valence-corrected chi connectivity index (χ3v) is 13.8. The summed E-state index contributed by atoms with van der Waals surface area (Å²) in [5, 5.41) is 21.0. The normalized spacial score (nSPS) is 13.0. The predicted molar refractivity (Wildman–Crippen MR) is 376 cm³/mol. The molecule has 8 atom stereocenters. The van der Waals surface area contributed by atoms with Crippen LogP contribution in [0.5, 0.6) is 0 Å². The van der Waals surface area contributed by atoms with E-state index in [1.807, 2.05) is 0 Å². The third-order valence-electron chi connectivity index (χ3n) is 13.8. The van der Waals surface area contributed by atoms with Crippen LogP contribution in [0.1, 0.15) is 108 Å². The molecule has 0 spiro atoms. The molecule has 554 valence electrons. The Labute approximate surface area is 573 Å². The van der Waals surface area contributed by atoms with E-state index in [1.165, 1.54) is 0 Å². The van der Waals surface area contributed by atoms with Crippen LogP contribution in [-0.2, 0) is 49.7 Å². The number of hydrogen-bond acceptors (Lipinski definition) is 18. The van der Waals surface area contributed by atoms with Crippen molar-refractivity contribution in [1.82, 2.24) is 42.5 Å². The molecule has 1 rings (SSSR count). The van der Waals surface area contributed by atoms with E-state index >= 15 is 0 Å². The topological polar surface area (TPSA) is 800 Å². The smallest absolute Gasteiger partial charge is 0.408 e. The quantitative estimate of drug-likeness (QED) is 0.0164. The van der Waals surface area contributed by atoms with Gasteiger partial charge < -0.3 is 145 Å². The molecule has 0 aliphatic rings. The predicted octanol–water partition coefficient (Wildman–Crippen LogP) is -10.4. The standard InChI is InChI=1S/C56H105N33O10/c57-40(90)32(14-4-22-74-48(58)59)82-41(91)33(15-5-23-75-49(60)61)83-42(92)34(16-6-24-76-50(62)63)84-43(93)35(17-7-25-77-51(64)65)85-44(94)36(18-8-26-78-52(66)67)86-45(95)37(19-9-27-79-53(68)69)87-46(96)38(20-10-28-80-54(70)71)88-47(97)39(21-11-29-81-55(72)73)89-56(98)99-30-31-12-2-1-3-13-31/h1-3,12-13,32-39H,4-11,14-30H2,(H2,57,90)(H,82,91)(H,83,92)(H,84,93)(H,85,94)(H,86,95)(H,87,96)(H,88,97)(H,89,98)(H4,58,59,74)(H4,60,61,75)(H4,62,63,76)(H4,64,65,77)(H4,66,67,78)(H4,68,69,79)(H4,70,71,80)(H4,72,73,81)/t32-,33-,34-,35-,36-,37-,38-,39-/m1/s1. The minimum atomic E-state index is -1.55. The zero-order valence-corrected chi connectivity index (χ0v) is 55.7. The maximum Gasteiger partial charge on any atom is 0.408 e. The number of benzene rings is 1. The highest BCUT2D eigenvalue weighted by atomic mass is 16.5. The van der Waals surface area contributed by atoms with Gasteiger partial charge in [-0.25, -0.2) is 4.79 Å². The van der Waals surface area contributed by atoms with Crippen LogP contribution < -0.4 is 140 Å². The summed E-state index contributed by atoms with van der Waals surface area (Å²) in [5.74, 6) is -9.44. The fourth-order valence-electron chi connectivity index (χ4n) is 9.01. The van der Waals surface area contributed by atoms with Gasteiger partial charge >= 0.3 is 6.09 Å². The number of rotatable bonds is 50. The molecule has 0 unspecified atom stereocenters. The van der Waals surface area contributed by atoms with Gasteiger partial charge in [-0.1, -0.05) is 30.3 Å². The van der Waals surface area contributed by atoms with Crippen LogP contribution in [-0.4, -0.2) is 202 Å². The molecular formula is C56H105N33O10. The second-order valence-electron chi connectivity index (χ2n) is 22.2. The number of nitrogens with two attached hydrogens (primary N) is 17. The average Bonchev–Trinajstić information content (AvgIpc) is 1.02. The summed E-state index contributed by atoms with van der Waals surface area (Å²) in [4.78, 5) is 159. The Morgan fingerprint density at radius 3 is 0.646 bits per heavy atom. The first-order valence-electron chi connectivity index (χ1n) is 31.7. The van der Waals surface area contributed by atoms with Crippen molar-refractivity contribution in [2.75, 3.05) is 52.4 Å². The number of nitrogens with one attached hydrogen (secondary N) is 8. The van der Waals surface area contributed by atoms with Crippen LogP contribution in [0, 0.1) is 0 Å². The largest absolute Gasteiger partial charge is 0.445 e. The van der Waals surface area contributed by atoms with Gasteiger partial charge in [-0.2, -0.15) is 0 Å². The van der Waals surface area contributed by atoms with Crippen molar-refractivity contribution in [2.24, 2.45) is 137 Å². The lowest BCUT2D eigenvalue weighted by Crippen LogP contribution is -2.60. The van der Waals surface area contributed by atoms with Crippen LogP contribution in [0.15, 0.2) is 70.3 Å². The van der Waals surface area contributed by atoms with Crippen LogP contribution in [0.3, 0.4) is 0 Å². The van der Waals surface area contributed by atoms with Crippen LogP contribution in [0.25, 0.3) is 0 Å². The molecule has 0 heterocycles. The number of amides is 9. The molecule has 0 aromatic heterocycles. The Kier molecular flexibility index (Phi) is 42.3. The molecule has 43 nitrogen and oxygen atoms in total. The Morgan fingerprint density at radius 1 is 0.273 bits per heavy atom. The Bertz CT molecular complexity index is 2950. The maximum atomic E-state index is 14.8. The molecule has 43 heteroatoms. The molecule has 0 aliphatic carbocycles. The van der Waals surface area contributed by atoms with Crippen molar-refractivity contribution in [1.29, 1.82) is 0 Å². The zero-order valence-electron chi connectivity index (χ0n) is 55.7. The van der Waals surface area contributed by atoms with Crippen LogP contribution in [0.4, 0.5) is 4.79 Å². The molecule has 0 bridgehead atoms. The van der Waals surface area contributed by atoms with Crippen molar-refractivity contribution in [3.63, 3.8) is 0 Å². The summed E-state index contributed by atoms with van der Waals surface area (Å²) in [6.07, 6.45) is -1.33. The number of guanidine groups is 8. The number of hydrogen-bond donors (Lipinski definition) is 25. The van der Waals surface area contributed by atoms with Gasteiger partial charge in [-0.15, -0.1) is 0 Å². The number of nitrogens with zero attached hydrogens (tertiary/aromatic N) is 8. The van der Waals surface area contributed by atoms with Crippen molar-refractivity contribution in [3.8, 4) is 0 Å². The minimum Gasteiger partial charge on any atom is -0.445 e. The second kappa shape index (κ2) is 49.0. The fourth-order valence-corrected chi connectivity index (χ4v) is 9.01. The van der Waals surface area contributed by atoms with Crippen molar-refractivity contribution < 1.29 is 47.9 Å². The molecule has 99 heavy (non-hydrogen) atoms. The third kappa shape index (κ3) is 41.8. The summed E-state index contributed by atoms with van der Waals surface area (Å²) in [5.41, 5.74) is 95.1. The molecule has 0 saturated carbocycles. The van der Waals surface area contributed by atoms with Gasteiger partial charge in [0.1, 0.15) is 54.9 Å². The minimum absolute atomic E-state index is 0.000329. The van der Waals surface area contributed by atoms with E-state index in [0.29, 0.717) is 5.56 Å². The van der Waals surface area contributed by atoms with E-state index < -0.39 is 102 Å². The number of carbonyl (C=O) groups excluding carboxylic acids is 9. The van der Waals surface area contributed by atoms with Crippen molar-refractivity contribution in [2.45, 2.75) is 158 Å². The fraction of sp³-hybridized carbons (Fsp3) is 0.589. The molecule has 1 aromatic rings. The average molecular weight is 1400 g/mol. The number of aliphatic imine (C=N–C) groups is 8. The van der Waals surface area contributed by atoms with Gasteiger partial charge in [0.15, 0.2) is 47.7 Å². The van der Waals surface area contributed by atoms with Gasteiger partial charge in [0.2, 0.25) is 47.3 Å². The molecule has 0 saturated heterocycles. The first-order valence-corrected chi connectivity index (χ1v) is 31.7. The van der Waals surface area contributed by atoms with E-state index in [-0.39, 0.29) is 209 Å². The monoisotopic (exact) mass is 1400 g/mol. The number of ether oxygens (including phenoxy) is 1. The summed E-state index contributed by atoms with van der Waals surface area (Å²) >= 11 is 0. The molecule has 0 aliphatic heterocycles. The second-order valence-corrected chi connectivity index (χ2v) is 22.2. The van der Waals surface area contributed by atoms with Gasteiger partial charge in [-0.3, -0.25) is 78.3 Å². The number of primary amides is 1. The van der Waals surface area contributed by atoms with E-state index in [4.69, 9.17) is 102 Å². The SMILES string of the molecule is NC(=O)[C@@H](CCCN=C(N)N)NC(=O)[C@@H](CCCN=C(N)N)NC(=O)[C@@H](CCCN=C(N)N)NC(=O)[C@@H](CCCN=C(N)N)NC(=O)[C@@H](CCCN=C(N)N)NC(=O)[C@@H](CCCN=C(N)N)NC(=O)[C@@H](CCCN=C(N)N)NC(=O)[C@@H](CCCN=C(N)N)NC(=O)OCc1ccccc1. The highest BCUT2D eigenvalue weighted by Gasteiger charge is 2.35. The summed E-state index contributed by atoms with van der Waals surface area (Å²) < 4.78 is 5.39. The lowest BCUT2D eigenvalue weighted by Gasteiger charge is -2.28. The van der Waals surface area contributed by atoms with E-state index in [9.17, 15) is 43.2 Å². The van der Waals surface area contributed by atoms with Gasteiger partial charge in [-0.05, 0) is 108 Å². The Morgan fingerprint density at radius 2 is 0.455 bits per heavy atom. The number of alkyl carbamates (subject to hydrolysis) is 1. The summed E-state index contributed by atoms with van der Waals surface area (Å²) in [6.45, 7) is -0.218. The summed E-state index contributed by atoms with van der Waals surface area (Å²) in [6, 6.07) is -2.85. The highest BCUT2D eigenvalue weighted by molar-refractivity contribution is 5.98. The van der Waals surface area contributed by atoms with Gasteiger partial charge in [0.05, 0.1) is 0 Å². The van der Waals surface area contributed by atoms with E-state index in [1.54, 1.807) is 30.3 Å². The van der Waals surface area contributed by atoms with E-state index in [0.717, 1.165) is 0 Å². The lowest BCUT2D eigenvalue weighted by atomic mass is 10.0. The van der Waals surface area contributed by atoms with Gasteiger partial charge in [0, 0.05) is 52.4 Å². The Balaban J connectivity index is 3.95. The summed E-state index contributed by atoms with van der Waals surface area (Å²) in [7, 11) is 0. The molecule has 1 aromatic carbocycles. The first kappa shape index (κ1) is 85.4. The lowest BCUT2D eigenvalue weighted by molar-refractivity contribution is -0.136. The molecule has 42 N–H and O–H groups in total. The van der Waals surface area contributed by atoms with Crippen molar-refractivity contribution in [3.05, 3.63) is 35.9 Å². The molecule has 0 radical (unpaired) electrons. The van der Waals surface area contributed by atoms with E-state index in [2.05, 4.69) is 82.5 Å². The van der Waals surface area contributed by atoms with Crippen LogP contribution in [0.2, 0.25) is 0 Å². The zero-order chi connectivity index (χ0) is 74.2. The van der Waals surface area contributed by atoms with Gasteiger partial charge in [0.25, 0.3) is 0 Å². The highest BCUT2D eigenvalue weighted by Crippen LogP contribution is 2.12.